The van der Waals surface area contributed by atoms with E-state index in [1.807, 2.05) is 11.0 Å². The number of amides is 2. The molecule has 8 nitrogen and oxygen atoms in total. The van der Waals surface area contributed by atoms with Crippen molar-refractivity contribution < 1.29 is 14.5 Å². The molecule has 1 N–H and O–H groups in total. The summed E-state index contributed by atoms with van der Waals surface area (Å²) in [6.07, 6.45) is 0.226. The molecule has 1 heterocycles. The number of hydrogen-bond donors (Lipinski definition) is 1. The Morgan fingerprint density at radius 2 is 1.61 bits per heavy atom. The largest absolute Gasteiger partial charge is 0.362 e. The zero-order chi connectivity index (χ0) is 19.9. The van der Waals surface area contributed by atoms with Crippen molar-refractivity contribution in [2.75, 3.05) is 37.6 Å². The maximum atomic E-state index is 12.4. The highest BCUT2D eigenvalue weighted by atomic mass is 16.6. The third-order valence-corrected chi connectivity index (χ3v) is 4.71. The molecule has 1 saturated heterocycles. The predicted molar refractivity (Wildman–Crippen MR) is 105 cm³/mol. The Bertz CT molecular complexity index is 848. The molecule has 0 aliphatic carbocycles. The number of nitrogens with one attached hydrogen (secondary N) is 1. The van der Waals surface area contributed by atoms with Gasteiger partial charge in [-0.25, -0.2) is 0 Å². The molecule has 1 aliphatic rings. The molecule has 0 unspecified atom stereocenters. The van der Waals surface area contributed by atoms with Crippen LogP contribution >= 0.6 is 0 Å². The molecule has 3 rings (SSSR count). The van der Waals surface area contributed by atoms with Crippen molar-refractivity contribution in [3.8, 4) is 0 Å². The Morgan fingerprint density at radius 1 is 0.964 bits per heavy atom. The van der Waals surface area contributed by atoms with E-state index in [0.29, 0.717) is 37.4 Å². The molecule has 0 bridgehead atoms. The number of nitrogens with zero attached hydrogens (tertiary/aromatic N) is 3. The third kappa shape index (κ3) is 4.64. The minimum atomic E-state index is -0.387. The Labute approximate surface area is 162 Å². The molecule has 0 radical (unpaired) electrons. The minimum Gasteiger partial charge on any atom is -0.362 e. The number of benzene rings is 2. The number of rotatable bonds is 6. The van der Waals surface area contributed by atoms with E-state index in [9.17, 15) is 19.7 Å². The number of nitro groups is 1. The summed E-state index contributed by atoms with van der Waals surface area (Å²) in [7, 11) is 0. The second-order valence-electron chi connectivity index (χ2n) is 6.49. The van der Waals surface area contributed by atoms with Gasteiger partial charge in [0.05, 0.1) is 4.92 Å². The van der Waals surface area contributed by atoms with Crippen LogP contribution in [0.1, 0.15) is 16.8 Å². The average molecular weight is 382 g/mol. The van der Waals surface area contributed by atoms with Crippen molar-refractivity contribution >= 4 is 23.2 Å². The smallest absolute Gasteiger partial charge is 0.292 e. The van der Waals surface area contributed by atoms with Gasteiger partial charge in [0.25, 0.3) is 11.6 Å². The van der Waals surface area contributed by atoms with Crippen LogP contribution in [0.25, 0.3) is 0 Å². The fourth-order valence-corrected chi connectivity index (χ4v) is 3.22. The summed E-state index contributed by atoms with van der Waals surface area (Å²) in [4.78, 5) is 38.8. The zero-order valence-electron chi connectivity index (χ0n) is 15.4. The second-order valence-corrected chi connectivity index (χ2v) is 6.49. The molecule has 0 atom stereocenters. The van der Waals surface area contributed by atoms with Gasteiger partial charge < -0.3 is 15.1 Å². The van der Waals surface area contributed by atoms with E-state index in [1.165, 1.54) is 6.07 Å². The summed E-state index contributed by atoms with van der Waals surface area (Å²) >= 11 is 0. The van der Waals surface area contributed by atoms with Crippen molar-refractivity contribution in [2.24, 2.45) is 0 Å². The average Bonchev–Trinajstić information content (AvgIpc) is 2.74. The molecule has 2 aromatic rings. The van der Waals surface area contributed by atoms with Crippen molar-refractivity contribution in [3.05, 3.63) is 70.3 Å². The van der Waals surface area contributed by atoms with Crippen molar-refractivity contribution in [1.29, 1.82) is 0 Å². The number of carbonyl (C=O) groups is 2. The summed E-state index contributed by atoms with van der Waals surface area (Å²) < 4.78 is 0. The van der Waals surface area contributed by atoms with Gasteiger partial charge in [0, 0.05) is 50.8 Å². The normalized spacial score (nSPS) is 13.9. The van der Waals surface area contributed by atoms with E-state index in [1.54, 1.807) is 47.4 Å². The third-order valence-electron chi connectivity index (χ3n) is 4.71. The maximum absolute atomic E-state index is 12.4. The SMILES string of the molecule is O=C(NCCC(=O)N1CCN(c2ccccc2[N+](=O)[O-])CC1)c1ccccc1. The second kappa shape index (κ2) is 8.98. The van der Waals surface area contributed by atoms with Gasteiger partial charge in [-0.15, -0.1) is 0 Å². The summed E-state index contributed by atoms with van der Waals surface area (Å²) in [5.41, 5.74) is 1.22. The quantitative estimate of drug-likeness (QED) is 0.609. The van der Waals surface area contributed by atoms with Crippen LogP contribution < -0.4 is 10.2 Å². The lowest BCUT2D eigenvalue weighted by Crippen LogP contribution is -2.49. The monoisotopic (exact) mass is 382 g/mol. The van der Waals surface area contributed by atoms with Crippen LogP contribution in [0.3, 0.4) is 0 Å². The zero-order valence-corrected chi connectivity index (χ0v) is 15.4. The first-order valence-electron chi connectivity index (χ1n) is 9.15. The van der Waals surface area contributed by atoms with Crippen molar-refractivity contribution in [1.82, 2.24) is 10.2 Å². The molecule has 1 fully saturated rings. The highest BCUT2D eigenvalue weighted by Gasteiger charge is 2.25. The lowest BCUT2D eigenvalue weighted by molar-refractivity contribution is -0.384. The standard InChI is InChI=1S/C20H22N4O4/c25-19(10-11-21-20(26)16-6-2-1-3-7-16)23-14-12-22(13-15-23)17-8-4-5-9-18(17)24(27)28/h1-9H,10-15H2,(H,21,26). The van der Waals surface area contributed by atoms with Crippen LogP contribution in [0, 0.1) is 10.1 Å². The lowest BCUT2D eigenvalue weighted by atomic mass is 10.2. The molecular formula is C20H22N4O4. The van der Waals surface area contributed by atoms with E-state index < -0.39 is 0 Å². The predicted octanol–water partition coefficient (Wildman–Crippen LogP) is 2.06. The lowest BCUT2D eigenvalue weighted by Gasteiger charge is -2.35. The molecular weight excluding hydrogens is 360 g/mol. The van der Waals surface area contributed by atoms with Gasteiger partial charge in [0.15, 0.2) is 0 Å². The van der Waals surface area contributed by atoms with Crippen LogP contribution in [0.2, 0.25) is 0 Å². The molecule has 0 aromatic heterocycles. The van der Waals surface area contributed by atoms with Crippen molar-refractivity contribution in [2.45, 2.75) is 6.42 Å². The number of para-hydroxylation sites is 2. The molecule has 146 valence electrons. The summed E-state index contributed by atoms with van der Waals surface area (Å²) in [6.45, 7) is 2.34. The van der Waals surface area contributed by atoms with Crippen LogP contribution in [-0.2, 0) is 4.79 Å². The minimum absolute atomic E-state index is 0.0319. The fraction of sp³-hybridized carbons (Fsp3) is 0.300. The maximum Gasteiger partial charge on any atom is 0.292 e. The van der Waals surface area contributed by atoms with Crippen molar-refractivity contribution in [3.63, 3.8) is 0 Å². The van der Waals surface area contributed by atoms with E-state index in [0.717, 1.165) is 0 Å². The first-order valence-corrected chi connectivity index (χ1v) is 9.15. The van der Waals surface area contributed by atoms with Crippen LogP contribution in [-0.4, -0.2) is 54.4 Å². The van der Waals surface area contributed by atoms with Gasteiger partial charge >= 0.3 is 0 Å². The number of anilines is 1. The first-order chi connectivity index (χ1) is 13.6. The molecule has 28 heavy (non-hydrogen) atoms. The molecule has 0 saturated carbocycles. The highest BCUT2D eigenvalue weighted by Crippen LogP contribution is 2.28. The summed E-state index contributed by atoms with van der Waals surface area (Å²) in [5.74, 6) is -0.231. The van der Waals surface area contributed by atoms with Gasteiger partial charge in [0.2, 0.25) is 5.91 Å². The Morgan fingerprint density at radius 3 is 2.29 bits per heavy atom. The Balaban J connectivity index is 1.47. The molecule has 2 aromatic carbocycles. The van der Waals surface area contributed by atoms with Gasteiger partial charge in [-0.3, -0.25) is 19.7 Å². The summed E-state index contributed by atoms with van der Waals surface area (Å²) in [5, 5.41) is 13.9. The molecule has 8 heteroatoms. The van der Waals surface area contributed by atoms with E-state index in [4.69, 9.17) is 0 Å². The summed E-state index contributed by atoms with van der Waals surface area (Å²) in [6, 6.07) is 15.5. The van der Waals surface area contributed by atoms with E-state index >= 15 is 0 Å². The fourth-order valence-electron chi connectivity index (χ4n) is 3.22. The van der Waals surface area contributed by atoms with Crippen LogP contribution in [0.15, 0.2) is 54.6 Å². The van der Waals surface area contributed by atoms with E-state index in [2.05, 4.69) is 5.32 Å². The molecule has 2 amide bonds. The number of nitro benzene ring substituents is 1. The van der Waals surface area contributed by atoms with Gasteiger partial charge in [0.1, 0.15) is 5.69 Å². The van der Waals surface area contributed by atoms with Gasteiger partial charge in [-0.05, 0) is 18.2 Å². The topological polar surface area (TPSA) is 95.8 Å². The Hall–Kier alpha value is -3.42. The highest BCUT2D eigenvalue weighted by molar-refractivity contribution is 5.94. The van der Waals surface area contributed by atoms with Gasteiger partial charge in [-0.2, -0.15) is 0 Å². The van der Waals surface area contributed by atoms with Gasteiger partial charge in [-0.1, -0.05) is 30.3 Å². The first kappa shape index (κ1) is 19.3. The number of hydrogen-bond acceptors (Lipinski definition) is 5. The Kier molecular flexibility index (Phi) is 6.21. The van der Waals surface area contributed by atoms with Crippen LogP contribution in [0.4, 0.5) is 11.4 Å². The number of piperazine rings is 1. The molecule has 1 aliphatic heterocycles. The molecule has 0 spiro atoms. The van der Waals surface area contributed by atoms with E-state index in [-0.39, 0.29) is 35.4 Å². The van der Waals surface area contributed by atoms with Crippen LogP contribution in [0.5, 0.6) is 0 Å². The number of carbonyl (C=O) groups excluding carboxylic acids is 2.